The number of hydrogen-bond donors (Lipinski definition) is 3. The summed E-state index contributed by atoms with van der Waals surface area (Å²) >= 11 is 3.80. The molecule has 2 saturated carbocycles. The molecule has 0 radical (unpaired) electrons. The first kappa shape index (κ1) is 28.1. The van der Waals surface area contributed by atoms with Crippen LogP contribution in [0.25, 0.3) is 22.2 Å². The fourth-order valence-corrected chi connectivity index (χ4v) is 7.37. The number of fused-ring (bicyclic) bond motifs is 7. The molecule has 2 aliphatic carbocycles. The van der Waals surface area contributed by atoms with E-state index in [1.54, 1.807) is 16.3 Å². The van der Waals surface area contributed by atoms with Crippen molar-refractivity contribution in [2.45, 2.75) is 63.0 Å². The minimum Gasteiger partial charge on any atom is -0.497 e. The number of ether oxygens (including phenoxy) is 1. The van der Waals surface area contributed by atoms with Gasteiger partial charge in [0, 0.05) is 47.6 Å². The smallest absolute Gasteiger partial charge is 0.248 e. The molecule has 0 spiro atoms. The topological polar surface area (TPSA) is 101 Å². The number of β-amino-alcohol motifs (C(OH)–C–C–N with tert-alkyl or cyclic N) is 1. The van der Waals surface area contributed by atoms with Crippen molar-refractivity contribution < 1.29 is 19.4 Å². The quantitative estimate of drug-likeness (QED) is 0.396. The Hall–Kier alpha value is -3.01. The number of aliphatic hydroxyl groups excluding tert-OH is 1. The molecule has 3 heterocycles. The first-order valence-electron chi connectivity index (χ1n) is 14.6. The largest absolute Gasteiger partial charge is 0.497 e. The molecular formula is C32H40N4O4S. The van der Waals surface area contributed by atoms with Crippen molar-refractivity contribution in [3.8, 4) is 17.0 Å². The Balaban J connectivity index is 0.000000712. The number of nitrogens with two attached hydrogens (primary N) is 1. The Kier molecular flexibility index (Phi) is 7.32. The van der Waals surface area contributed by atoms with Gasteiger partial charge in [-0.25, -0.2) is 0 Å². The molecule has 1 saturated heterocycles. The fourth-order valence-electron chi connectivity index (χ4n) is 7.37. The van der Waals surface area contributed by atoms with E-state index in [1.807, 2.05) is 32.3 Å². The second kappa shape index (κ2) is 10.7. The molecule has 8 nitrogen and oxygen atoms in total. The van der Waals surface area contributed by atoms with Crippen LogP contribution < -0.4 is 10.5 Å². The van der Waals surface area contributed by atoms with Gasteiger partial charge in [-0.1, -0.05) is 38.1 Å². The number of nitrogens with zero attached hydrogens (tertiary/aromatic N) is 3. The molecule has 0 bridgehead atoms. The number of likely N-dealkylation sites (tertiary alicyclic amines) is 1. The standard InChI is InChI=1S/C30H33N3O4.C2H7NS/c1-37-20-8-10-21-23(12-20)24-13-30(24,29(36)32-14-19(34)15-32)16-33-25-11-18(28(31)35)7-9-22(25)26(27(21)33)17-5-3-2-4-6-17;1-3(2)4/h7-12,17,19,24,34H,2-6,13-16H2,1H3,(H2,31,35);4H,1-2H3. The molecule has 218 valence electrons. The van der Waals surface area contributed by atoms with Gasteiger partial charge in [-0.15, -0.1) is 0 Å². The van der Waals surface area contributed by atoms with E-state index in [0.717, 1.165) is 35.9 Å². The van der Waals surface area contributed by atoms with Crippen LogP contribution in [0, 0.1) is 5.41 Å². The molecule has 1 aromatic heterocycles. The maximum atomic E-state index is 13.9. The molecule has 3 N–H and O–H groups in total. The number of primary amides is 1. The molecule has 4 aliphatic rings. The van der Waals surface area contributed by atoms with Gasteiger partial charge >= 0.3 is 0 Å². The number of aromatic nitrogens is 1. The lowest BCUT2D eigenvalue weighted by Gasteiger charge is -2.38. The van der Waals surface area contributed by atoms with Gasteiger partial charge in [-0.3, -0.25) is 13.9 Å². The molecule has 2 aromatic carbocycles. The molecule has 3 aromatic rings. The lowest BCUT2D eigenvalue weighted by Crippen LogP contribution is -2.56. The molecule has 2 amide bonds. The van der Waals surface area contributed by atoms with Crippen molar-refractivity contribution in [2.24, 2.45) is 11.1 Å². The Bertz CT molecular complexity index is 1500. The third-order valence-electron chi connectivity index (χ3n) is 9.38. The zero-order chi connectivity index (χ0) is 29.1. The third kappa shape index (κ3) is 4.81. The molecule has 3 fully saturated rings. The summed E-state index contributed by atoms with van der Waals surface area (Å²) < 4.78 is 9.64. The van der Waals surface area contributed by atoms with Gasteiger partial charge in [0.2, 0.25) is 11.8 Å². The van der Waals surface area contributed by atoms with Crippen molar-refractivity contribution in [1.82, 2.24) is 13.8 Å². The van der Waals surface area contributed by atoms with E-state index in [2.05, 4.69) is 35.6 Å². The highest BCUT2D eigenvalue weighted by molar-refractivity contribution is 7.77. The number of carbonyl (C=O) groups is 2. The summed E-state index contributed by atoms with van der Waals surface area (Å²) in [5.41, 5.74) is 11.5. The summed E-state index contributed by atoms with van der Waals surface area (Å²) in [7, 11) is 5.41. The van der Waals surface area contributed by atoms with Crippen molar-refractivity contribution in [2.75, 3.05) is 34.3 Å². The fraction of sp³-hybridized carbons (Fsp3) is 0.500. The average molecular weight is 577 g/mol. The Morgan fingerprint density at radius 1 is 1.10 bits per heavy atom. The van der Waals surface area contributed by atoms with Gasteiger partial charge in [0.1, 0.15) is 5.75 Å². The second-order valence-corrected chi connectivity index (χ2v) is 13.2. The first-order valence-corrected chi connectivity index (χ1v) is 15.0. The zero-order valence-corrected chi connectivity index (χ0v) is 25.0. The van der Waals surface area contributed by atoms with Gasteiger partial charge in [-0.05, 0) is 80.7 Å². The molecular weight excluding hydrogens is 536 g/mol. The van der Waals surface area contributed by atoms with E-state index >= 15 is 0 Å². The summed E-state index contributed by atoms with van der Waals surface area (Å²) in [5, 5.41) is 11.1. The van der Waals surface area contributed by atoms with Crippen molar-refractivity contribution in [3.05, 3.63) is 53.1 Å². The Morgan fingerprint density at radius 3 is 2.44 bits per heavy atom. The van der Waals surface area contributed by atoms with Crippen molar-refractivity contribution in [3.63, 3.8) is 0 Å². The summed E-state index contributed by atoms with van der Waals surface area (Å²) in [4.78, 5) is 27.9. The number of rotatable bonds is 4. The summed E-state index contributed by atoms with van der Waals surface area (Å²) in [6.07, 6.45) is 6.33. The Labute approximate surface area is 247 Å². The Morgan fingerprint density at radius 2 is 1.80 bits per heavy atom. The number of amides is 2. The highest BCUT2D eigenvalue weighted by Gasteiger charge is 2.64. The van der Waals surface area contributed by atoms with Crippen LogP contribution >= 0.6 is 12.8 Å². The van der Waals surface area contributed by atoms with Crippen LogP contribution in [0.4, 0.5) is 0 Å². The maximum absolute atomic E-state index is 13.9. The lowest BCUT2D eigenvalue weighted by molar-refractivity contribution is -0.148. The molecule has 2 aliphatic heterocycles. The average Bonchev–Trinajstić information content (AvgIpc) is 3.61. The number of benzene rings is 2. The van der Waals surface area contributed by atoms with Crippen LogP contribution in [0.2, 0.25) is 0 Å². The van der Waals surface area contributed by atoms with Gasteiger partial charge in [0.05, 0.1) is 24.3 Å². The van der Waals surface area contributed by atoms with E-state index in [-0.39, 0.29) is 11.8 Å². The number of hydrogen-bond acceptors (Lipinski definition) is 6. The lowest BCUT2D eigenvalue weighted by atomic mass is 9.81. The van der Waals surface area contributed by atoms with Gasteiger partial charge in [0.25, 0.3) is 0 Å². The maximum Gasteiger partial charge on any atom is 0.248 e. The monoisotopic (exact) mass is 576 g/mol. The summed E-state index contributed by atoms with van der Waals surface area (Å²) in [6, 6.07) is 12.1. The number of thiol groups is 1. The SMILES string of the molecule is CN(C)S.COc1ccc2c(c1)C1CC1(C(=O)N1CC(O)C1)Cn1c-2c(C2CCCCC2)c2ccc(C(N)=O)cc21. The van der Waals surface area contributed by atoms with Gasteiger partial charge in [-0.2, -0.15) is 0 Å². The zero-order valence-electron chi connectivity index (χ0n) is 24.1. The minimum absolute atomic E-state index is 0.0938. The minimum atomic E-state index is -0.564. The number of carbonyl (C=O) groups excluding carboxylic acids is 2. The van der Waals surface area contributed by atoms with E-state index in [1.165, 1.54) is 41.6 Å². The first-order chi connectivity index (χ1) is 19.6. The van der Waals surface area contributed by atoms with Crippen LogP contribution in [-0.4, -0.2) is 71.1 Å². The van der Waals surface area contributed by atoms with E-state index in [9.17, 15) is 14.7 Å². The predicted molar refractivity (Wildman–Crippen MR) is 163 cm³/mol. The van der Waals surface area contributed by atoms with Crippen LogP contribution in [0.5, 0.6) is 5.75 Å². The highest BCUT2D eigenvalue weighted by Crippen LogP contribution is 2.66. The van der Waals surface area contributed by atoms with Gasteiger partial charge < -0.3 is 25.0 Å². The molecule has 2 atom stereocenters. The van der Waals surface area contributed by atoms with Crippen molar-refractivity contribution >= 4 is 35.5 Å². The van der Waals surface area contributed by atoms with E-state index in [0.29, 0.717) is 31.1 Å². The highest BCUT2D eigenvalue weighted by atomic mass is 32.1. The van der Waals surface area contributed by atoms with E-state index in [4.69, 9.17) is 10.5 Å². The second-order valence-electron chi connectivity index (χ2n) is 12.4. The van der Waals surface area contributed by atoms with E-state index < -0.39 is 17.4 Å². The van der Waals surface area contributed by atoms with Gasteiger partial charge in [0.15, 0.2) is 0 Å². The molecule has 2 unspecified atom stereocenters. The van der Waals surface area contributed by atoms with Crippen molar-refractivity contribution in [1.29, 1.82) is 0 Å². The van der Waals surface area contributed by atoms with Crippen LogP contribution in [-0.2, 0) is 11.3 Å². The van der Waals surface area contributed by atoms with Crippen LogP contribution in [0.15, 0.2) is 36.4 Å². The van der Waals surface area contributed by atoms with Crippen LogP contribution in [0.1, 0.15) is 71.8 Å². The summed E-state index contributed by atoms with van der Waals surface area (Å²) in [5.74, 6) is 1.01. The molecule has 7 rings (SSSR count). The van der Waals surface area contributed by atoms with Crippen LogP contribution in [0.3, 0.4) is 0 Å². The number of aliphatic hydroxyl groups is 1. The summed E-state index contributed by atoms with van der Waals surface area (Å²) in [6.45, 7) is 1.36. The third-order valence-corrected chi connectivity index (χ3v) is 9.38. The predicted octanol–water partition coefficient (Wildman–Crippen LogP) is 4.55. The molecule has 41 heavy (non-hydrogen) atoms. The molecule has 9 heteroatoms. The number of methoxy groups -OCH3 is 1. The normalized spacial score (nSPS) is 23.5.